The van der Waals surface area contributed by atoms with Gasteiger partial charge in [0, 0.05) is 18.7 Å². The number of hydrogen-bond acceptors (Lipinski definition) is 5. The molecule has 1 aromatic carbocycles. The van der Waals surface area contributed by atoms with Crippen molar-refractivity contribution in [3.05, 3.63) is 35.6 Å². The number of nitrogens with zero attached hydrogens (tertiary/aromatic N) is 5. The number of carbonyl (C=O) groups excluding carboxylic acids is 1. The minimum Gasteiger partial charge on any atom is -0.298 e. The molecule has 0 radical (unpaired) electrons. The van der Waals surface area contributed by atoms with Gasteiger partial charge in [0.1, 0.15) is 11.7 Å². The summed E-state index contributed by atoms with van der Waals surface area (Å²) in [4.78, 5) is 19.4. The van der Waals surface area contributed by atoms with Crippen LogP contribution >= 0.6 is 12.6 Å². The summed E-state index contributed by atoms with van der Waals surface area (Å²) in [5.74, 6) is 0.282. The molecule has 2 heterocycles. The second-order valence-electron chi connectivity index (χ2n) is 5.64. The van der Waals surface area contributed by atoms with E-state index in [-0.39, 0.29) is 11.8 Å². The molecule has 2 unspecified atom stereocenters. The fourth-order valence-corrected chi connectivity index (χ4v) is 3.78. The molecule has 0 saturated carbocycles. The Labute approximate surface area is 146 Å². The van der Waals surface area contributed by atoms with Gasteiger partial charge >= 0.3 is 6.03 Å². The molecule has 0 N–H and O–H groups in total. The van der Waals surface area contributed by atoms with Crippen molar-refractivity contribution in [3.63, 3.8) is 0 Å². The normalized spacial score (nSPS) is 26.5. The molecule has 0 aliphatic carbocycles. The highest BCUT2D eigenvalue weighted by Gasteiger charge is 2.61. The number of benzene rings is 1. The number of amides is 2. The number of fused-ring (bicyclic) bond motifs is 1. The molecule has 0 aromatic heterocycles. The third kappa shape index (κ3) is 2.36. The topological polar surface area (TPSA) is 51.5 Å². The lowest BCUT2D eigenvalue weighted by molar-refractivity contribution is 0.146. The molecule has 8 heteroatoms. The summed E-state index contributed by atoms with van der Waals surface area (Å²) in [6.45, 7) is 6.61. The van der Waals surface area contributed by atoms with Crippen molar-refractivity contribution in [1.82, 2.24) is 14.8 Å². The molecule has 128 valence electrons. The number of aliphatic imine (C=N–C) groups is 1. The lowest BCUT2D eigenvalue weighted by Crippen LogP contribution is -2.49. The first-order chi connectivity index (χ1) is 11.4. The van der Waals surface area contributed by atoms with Crippen LogP contribution in [0.1, 0.15) is 26.3 Å². The van der Waals surface area contributed by atoms with E-state index < -0.39 is 11.2 Å². The number of rotatable bonds is 4. The van der Waals surface area contributed by atoms with Gasteiger partial charge in [-0.25, -0.2) is 19.2 Å². The molecule has 1 aromatic rings. The average Bonchev–Trinajstić information content (AvgIpc) is 2.91. The fourth-order valence-electron chi connectivity index (χ4n) is 3.16. The maximum atomic E-state index is 13.8. The van der Waals surface area contributed by atoms with Gasteiger partial charge in [0.05, 0.1) is 6.21 Å². The Morgan fingerprint density at radius 1 is 1.38 bits per heavy atom. The summed E-state index contributed by atoms with van der Waals surface area (Å²) in [6, 6.07) is 6.27. The molecule has 0 spiro atoms. The fraction of sp³-hybridized carbons (Fsp3) is 0.438. The molecular formula is C16H20FN5OS. The first-order valence-electron chi connectivity index (χ1n) is 7.88. The summed E-state index contributed by atoms with van der Waals surface area (Å²) in [6.07, 6.45) is 0.988. The summed E-state index contributed by atoms with van der Waals surface area (Å²) in [5.41, 5.74) is 0.377. The predicted octanol–water partition coefficient (Wildman–Crippen LogP) is 2.58. The number of hydrazone groups is 1. The van der Waals surface area contributed by atoms with Gasteiger partial charge < -0.3 is 0 Å². The zero-order chi connectivity index (χ0) is 17.5. The summed E-state index contributed by atoms with van der Waals surface area (Å²) in [5, 5.41) is 6.03. The van der Waals surface area contributed by atoms with E-state index >= 15 is 0 Å². The van der Waals surface area contributed by atoms with Gasteiger partial charge in [-0.1, -0.05) is 18.2 Å². The SMILES string of the molecule is CCN1C(=O)N(CC)C2(S)N=C(C)N(/N=C/c3ccccc3F)C12. The van der Waals surface area contributed by atoms with Crippen LogP contribution in [0.3, 0.4) is 0 Å². The van der Waals surface area contributed by atoms with Gasteiger partial charge in [-0.15, -0.1) is 12.6 Å². The van der Waals surface area contributed by atoms with Crippen LogP contribution in [0.2, 0.25) is 0 Å². The minimum atomic E-state index is -0.988. The lowest BCUT2D eigenvalue weighted by Gasteiger charge is -2.31. The molecule has 1 saturated heterocycles. The van der Waals surface area contributed by atoms with Crippen LogP contribution < -0.4 is 0 Å². The molecule has 6 nitrogen and oxygen atoms in total. The summed E-state index contributed by atoms with van der Waals surface area (Å²) >= 11 is 4.69. The Balaban J connectivity index is 1.97. The maximum Gasteiger partial charge on any atom is 0.324 e. The first kappa shape index (κ1) is 16.8. The zero-order valence-electron chi connectivity index (χ0n) is 13.8. The quantitative estimate of drug-likeness (QED) is 0.671. The Bertz CT molecular complexity index is 724. The summed E-state index contributed by atoms with van der Waals surface area (Å²) < 4.78 is 13.8. The van der Waals surface area contributed by atoms with Gasteiger partial charge in [-0.2, -0.15) is 5.10 Å². The Kier molecular flexibility index (Phi) is 4.25. The van der Waals surface area contributed by atoms with E-state index in [1.807, 2.05) is 13.8 Å². The number of halogens is 1. The van der Waals surface area contributed by atoms with Crippen molar-refractivity contribution in [2.75, 3.05) is 13.1 Å². The van der Waals surface area contributed by atoms with Crippen LogP contribution in [-0.4, -0.2) is 57.1 Å². The molecule has 1 fully saturated rings. The Morgan fingerprint density at radius 2 is 2.08 bits per heavy atom. The van der Waals surface area contributed by atoms with Crippen LogP contribution in [0.15, 0.2) is 34.4 Å². The van der Waals surface area contributed by atoms with Crippen molar-refractivity contribution in [2.45, 2.75) is 31.9 Å². The Hall–Kier alpha value is -2.09. The molecule has 2 amide bonds. The van der Waals surface area contributed by atoms with Crippen LogP contribution in [0.5, 0.6) is 0 Å². The van der Waals surface area contributed by atoms with Crippen molar-refractivity contribution in [1.29, 1.82) is 0 Å². The highest BCUT2D eigenvalue weighted by atomic mass is 32.1. The Morgan fingerprint density at radius 3 is 2.71 bits per heavy atom. The lowest BCUT2D eigenvalue weighted by atomic mass is 10.2. The van der Waals surface area contributed by atoms with E-state index in [2.05, 4.69) is 10.1 Å². The molecular weight excluding hydrogens is 329 g/mol. The van der Waals surface area contributed by atoms with Gasteiger partial charge in [-0.05, 0) is 26.8 Å². The van der Waals surface area contributed by atoms with Crippen molar-refractivity contribution >= 4 is 30.7 Å². The highest BCUT2D eigenvalue weighted by molar-refractivity contribution is 7.81. The number of hydrogen-bond donors (Lipinski definition) is 1. The van der Waals surface area contributed by atoms with Gasteiger partial charge in [0.2, 0.25) is 4.99 Å². The largest absolute Gasteiger partial charge is 0.324 e. The van der Waals surface area contributed by atoms with Gasteiger partial charge in [0.15, 0.2) is 6.17 Å². The van der Waals surface area contributed by atoms with Gasteiger partial charge in [-0.3, -0.25) is 9.80 Å². The molecule has 2 aliphatic rings. The van der Waals surface area contributed by atoms with Crippen molar-refractivity contribution in [3.8, 4) is 0 Å². The molecule has 2 atom stereocenters. The maximum absolute atomic E-state index is 13.8. The number of urea groups is 1. The second kappa shape index (κ2) is 6.08. The number of amidine groups is 1. The third-order valence-corrected chi connectivity index (χ3v) is 4.86. The van der Waals surface area contributed by atoms with Crippen LogP contribution in [-0.2, 0) is 0 Å². The summed E-state index contributed by atoms with van der Waals surface area (Å²) in [7, 11) is 0. The van der Waals surface area contributed by atoms with E-state index in [1.165, 1.54) is 12.3 Å². The standard InChI is InChI=1S/C16H20FN5OS/c1-4-20-14-16(24,21(5-2)15(20)23)19-11(3)22(14)18-10-12-8-6-7-9-13(12)17/h6-10,14,24H,4-5H2,1-3H3/b18-10+. The highest BCUT2D eigenvalue weighted by Crippen LogP contribution is 2.43. The van der Waals surface area contributed by atoms with Gasteiger partial charge in [0.25, 0.3) is 0 Å². The van der Waals surface area contributed by atoms with Crippen LogP contribution in [0.25, 0.3) is 0 Å². The van der Waals surface area contributed by atoms with Crippen molar-refractivity contribution in [2.24, 2.45) is 10.1 Å². The molecule has 24 heavy (non-hydrogen) atoms. The van der Waals surface area contributed by atoms with E-state index in [0.29, 0.717) is 24.5 Å². The van der Waals surface area contributed by atoms with Crippen LogP contribution in [0.4, 0.5) is 9.18 Å². The average molecular weight is 349 g/mol. The second-order valence-corrected chi connectivity index (χ2v) is 6.30. The zero-order valence-corrected chi connectivity index (χ0v) is 14.7. The number of carbonyl (C=O) groups is 1. The van der Waals surface area contributed by atoms with E-state index in [1.54, 1.807) is 39.9 Å². The predicted molar refractivity (Wildman–Crippen MR) is 94.6 cm³/mol. The molecule has 0 bridgehead atoms. The molecule has 2 aliphatic heterocycles. The first-order valence-corrected chi connectivity index (χ1v) is 8.33. The minimum absolute atomic E-state index is 0.123. The van der Waals surface area contributed by atoms with E-state index in [0.717, 1.165) is 0 Å². The van der Waals surface area contributed by atoms with E-state index in [4.69, 9.17) is 12.6 Å². The van der Waals surface area contributed by atoms with Crippen molar-refractivity contribution < 1.29 is 9.18 Å². The number of thiol groups is 1. The third-order valence-electron chi connectivity index (χ3n) is 4.29. The monoisotopic (exact) mass is 349 g/mol. The van der Waals surface area contributed by atoms with E-state index in [9.17, 15) is 9.18 Å². The van der Waals surface area contributed by atoms with Crippen LogP contribution in [0, 0.1) is 5.82 Å². The molecule has 3 rings (SSSR count). The number of likely N-dealkylation sites (N-methyl/N-ethyl adjacent to an activating group) is 2. The smallest absolute Gasteiger partial charge is 0.298 e.